The number of ether oxygens (including phenoxy) is 1. The van der Waals surface area contributed by atoms with Gasteiger partial charge in [-0.2, -0.15) is 0 Å². The number of likely N-dealkylation sites (tertiary alicyclic amines) is 1. The van der Waals surface area contributed by atoms with E-state index in [2.05, 4.69) is 10.2 Å². The Kier molecular flexibility index (Phi) is 7.59. The summed E-state index contributed by atoms with van der Waals surface area (Å²) in [7, 11) is 0. The van der Waals surface area contributed by atoms with Crippen molar-refractivity contribution in [1.82, 2.24) is 10.2 Å². The smallest absolute Gasteiger partial charge is 0.221 e. The van der Waals surface area contributed by atoms with Crippen molar-refractivity contribution in [3.63, 3.8) is 0 Å². The lowest BCUT2D eigenvalue weighted by Gasteiger charge is -2.36. The molecule has 1 amide bonds. The summed E-state index contributed by atoms with van der Waals surface area (Å²) in [5.74, 6) is 0.0647. The highest BCUT2D eigenvalue weighted by atomic mass is 16.5. The molecule has 0 spiro atoms. The van der Waals surface area contributed by atoms with Crippen LogP contribution < -0.4 is 11.1 Å². The molecule has 6 nitrogen and oxygen atoms in total. The normalized spacial score (nSPS) is 30.2. The molecule has 2 rings (SSSR count). The van der Waals surface area contributed by atoms with Gasteiger partial charge in [-0.1, -0.05) is 6.42 Å². The fraction of sp³-hybridized carbons (Fsp3) is 0.938. The topological polar surface area (TPSA) is 87.8 Å². The van der Waals surface area contributed by atoms with Gasteiger partial charge in [0.25, 0.3) is 0 Å². The summed E-state index contributed by atoms with van der Waals surface area (Å²) in [6.45, 7) is 3.59. The molecule has 2 fully saturated rings. The molecule has 0 unspecified atom stereocenters. The molecule has 2 heterocycles. The minimum atomic E-state index is -0.302. The van der Waals surface area contributed by atoms with Crippen LogP contribution >= 0.6 is 0 Å². The molecule has 0 radical (unpaired) electrons. The molecule has 0 bridgehead atoms. The van der Waals surface area contributed by atoms with E-state index in [0.717, 1.165) is 38.9 Å². The summed E-state index contributed by atoms with van der Waals surface area (Å²) >= 11 is 0. The lowest BCUT2D eigenvalue weighted by molar-refractivity contribution is -0.128. The van der Waals surface area contributed by atoms with Crippen LogP contribution in [-0.2, 0) is 9.53 Å². The zero-order valence-corrected chi connectivity index (χ0v) is 13.5. The molecule has 3 atom stereocenters. The molecule has 0 aromatic heterocycles. The summed E-state index contributed by atoms with van der Waals surface area (Å²) in [6, 6.07) is -0.0760. The standard InChI is InChI=1S/C16H31N3O3/c17-8-6-13-4-5-14(15(12-20)22-13)18-16(21)7-11-19-9-2-1-3-10-19/h13-15,20H,1-12,17H2,(H,18,21)/t13-,14-,15+/m1/s1. The number of hydrogen-bond acceptors (Lipinski definition) is 5. The molecule has 22 heavy (non-hydrogen) atoms. The van der Waals surface area contributed by atoms with Crippen LogP contribution in [0.4, 0.5) is 0 Å². The summed E-state index contributed by atoms with van der Waals surface area (Å²) in [4.78, 5) is 14.5. The van der Waals surface area contributed by atoms with Gasteiger partial charge in [0.05, 0.1) is 18.8 Å². The maximum absolute atomic E-state index is 12.1. The Morgan fingerprint density at radius 2 is 2.05 bits per heavy atom. The Bertz CT molecular complexity index is 335. The molecule has 6 heteroatoms. The Hall–Kier alpha value is -0.690. The number of amides is 1. The Morgan fingerprint density at radius 3 is 2.73 bits per heavy atom. The van der Waals surface area contributed by atoms with Crippen LogP contribution in [0.2, 0.25) is 0 Å². The number of carbonyl (C=O) groups is 1. The van der Waals surface area contributed by atoms with E-state index in [0.29, 0.717) is 13.0 Å². The summed E-state index contributed by atoms with van der Waals surface area (Å²) in [5.41, 5.74) is 5.56. The number of aliphatic hydroxyl groups is 1. The van der Waals surface area contributed by atoms with E-state index in [9.17, 15) is 9.90 Å². The molecule has 0 aliphatic carbocycles. The first-order valence-electron chi connectivity index (χ1n) is 8.71. The molecule has 2 saturated heterocycles. The number of nitrogens with zero attached hydrogens (tertiary/aromatic N) is 1. The van der Waals surface area contributed by atoms with E-state index < -0.39 is 0 Å². The highest BCUT2D eigenvalue weighted by Crippen LogP contribution is 2.21. The summed E-state index contributed by atoms with van der Waals surface area (Å²) < 4.78 is 5.83. The molecular weight excluding hydrogens is 282 g/mol. The lowest BCUT2D eigenvalue weighted by atomic mass is 9.97. The molecule has 2 aliphatic heterocycles. The van der Waals surface area contributed by atoms with E-state index in [1.807, 2.05) is 0 Å². The van der Waals surface area contributed by atoms with Gasteiger partial charge in [-0.05, 0) is 51.7 Å². The fourth-order valence-electron chi connectivity index (χ4n) is 3.42. The van der Waals surface area contributed by atoms with Crippen LogP contribution in [0.5, 0.6) is 0 Å². The minimum absolute atomic E-state index is 0.0574. The third-order valence-corrected chi connectivity index (χ3v) is 4.73. The summed E-state index contributed by atoms with van der Waals surface area (Å²) in [5, 5.41) is 12.5. The van der Waals surface area contributed by atoms with Crippen molar-refractivity contribution >= 4 is 5.91 Å². The third-order valence-electron chi connectivity index (χ3n) is 4.73. The number of rotatable bonds is 7. The van der Waals surface area contributed by atoms with Crippen molar-refractivity contribution in [3.05, 3.63) is 0 Å². The molecule has 0 saturated carbocycles. The van der Waals surface area contributed by atoms with E-state index in [1.54, 1.807) is 0 Å². The lowest BCUT2D eigenvalue weighted by Crippen LogP contribution is -2.51. The Balaban J connectivity index is 1.70. The second-order valence-corrected chi connectivity index (χ2v) is 6.46. The van der Waals surface area contributed by atoms with Crippen molar-refractivity contribution in [3.8, 4) is 0 Å². The maximum atomic E-state index is 12.1. The number of piperidine rings is 1. The van der Waals surface area contributed by atoms with Crippen molar-refractivity contribution in [2.45, 2.75) is 63.2 Å². The third kappa shape index (κ3) is 5.50. The van der Waals surface area contributed by atoms with Gasteiger partial charge in [-0.15, -0.1) is 0 Å². The second kappa shape index (κ2) is 9.45. The first-order valence-corrected chi connectivity index (χ1v) is 8.71. The SMILES string of the molecule is NCC[C@H]1CC[C@@H](NC(=O)CCN2CCCCC2)[C@H](CO)O1. The monoisotopic (exact) mass is 313 g/mol. The number of nitrogens with one attached hydrogen (secondary N) is 1. The fourth-order valence-corrected chi connectivity index (χ4v) is 3.42. The van der Waals surface area contributed by atoms with E-state index in [-0.39, 0.29) is 30.8 Å². The van der Waals surface area contributed by atoms with E-state index >= 15 is 0 Å². The highest BCUT2D eigenvalue weighted by Gasteiger charge is 2.31. The zero-order valence-electron chi connectivity index (χ0n) is 13.5. The predicted molar refractivity (Wildman–Crippen MR) is 85.5 cm³/mol. The number of aliphatic hydroxyl groups excluding tert-OH is 1. The van der Waals surface area contributed by atoms with Gasteiger partial charge in [0.1, 0.15) is 6.10 Å². The first-order chi connectivity index (χ1) is 10.7. The van der Waals surface area contributed by atoms with Gasteiger partial charge < -0.3 is 25.8 Å². The van der Waals surface area contributed by atoms with Crippen molar-refractivity contribution in [2.75, 3.05) is 32.8 Å². The predicted octanol–water partition coefficient (Wildman–Crippen LogP) is 0.236. The van der Waals surface area contributed by atoms with Crippen LogP contribution in [0, 0.1) is 0 Å². The van der Waals surface area contributed by atoms with Gasteiger partial charge in [0, 0.05) is 13.0 Å². The Labute approximate surface area is 133 Å². The largest absolute Gasteiger partial charge is 0.394 e. The van der Waals surface area contributed by atoms with Crippen molar-refractivity contribution in [2.24, 2.45) is 5.73 Å². The van der Waals surface area contributed by atoms with Gasteiger partial charge in [-0.3, -0.25) is 4.79 Å². The quantitative estimate of drug-likeness (QED) is 0.626. The van der Waals surface area contributed by atoms with Crippen LogP contribution in [-0.4, -0.2) is 66.9 Å². The molecule has 2 aliphatic rings. The van der Waals surface area contributed by atoms with Crippen LogP contribution in [0.3, 0.4) is 0 Å². The van der Waals surface area contributed by atoms with Crippen LogP contribution in [0.25, 0.3) is 0 Å². The number of nitrogens with two attached hydrogens (primary N) is 1. The van der Waals surface area contributed by atoms with E-state index in [4.69, 9.17) is 10.5 Å². The van der Waals surface area contributed by atoms with Gasteiger partial charge in [-0.25, -0.2) is 0 Å². The average molecular weight is 313 g/mol. The number of carbonyl (C=O) groups excluding carboxylic acids is 1. The molecule has 0 aromatic rings. The summed E-state index contributed by atoms with van der Waals surface area (Å²) in [6.07, 6.45) is 6.70. The maximum Gasteiger partial charge on any atom is 0.221 e. The minimum Gasteiger partial charge on any atom is -0.394 e. The number of hydrogen-bond donors (Lipinski definition) is 3. The van der Waals surface area contributed by atoms with Crippen LogP contribution in [0.15, 0.2) is 0 Å². The zero-order chi connectivity index (χ0) is 15.8. The highest BCUT2D eigenvalue weighted by molar-refractivity contribution is 5.76. The molecule has 4 N–H and O–H groups in total. The van der Waals surface area contributed by atoms with Crippen molar-refractivity contribution < 1.29 is 14.6 Å². The van der Waals surface area contributed by atoms with Gasteiger partial charge in [0.2, 0.25) is 5.91 Å². The Morgan fingerprint density at radius 1 is 1.27 bits per heavy atom. The van der Waals surface area contributed by atoms with Crippen LogP contribution in [0.1, 0.15) is 44.9 Å². The van der Waals surface area contributed by atoms with Gasteiger partial charge in [0.15, 0.2) is 0 Å². The van der Waals surface area contributed by atoms with Crippen molar-refractivity contribution in [1.29, 1.82) is 0 Å². The van der Waals surface area contributed by atoms with E-state index in [1.165, 1.54) is 19.3 Å². The second-order valence-electron chi connectivity index (χ2n) is 6.46. The van der Waals surface area contributed by atoms with Gasteiger partial charge >= 0.3 is 0 Å². The first kappa shape index (κ1) is 17.7. The molecule has 0 aromatic carbocycles. The molecule has 128 valence electrons. The molecular formula is C16H31N3O3. The average Bonchev–Trinajstić information content (AvgIpc) is 2.55.